The van der Waals surface area contributed by atoms with Gasteiger partial charge in [-0.1, -0.05) is 6.07 Å². The normalized spacial score (nSPS) is 25.1. The molecule has 0 aromatic heterocycles. The predicted octanol–water partition coefficient (Wildman–Crippen LogP) is 1.40. The maximum absolute atomic E-state index is 13.1. The Hall–Kier alpha value is -1.64. The lowest BCUT2D eigenvalue weighted by atomic mass is 10.2. The molecule has 1 aliphatic carbocycles. The highest BCUT2D eigenvalue weighted by Crippen LogP contribution is 2.32. The average Bonchev–Trinajstić information content (AvgIpc) is 3.49. The number of hydrogen-bond acceptors (Lipinski definition) is 5. The first-order valence-electron chi connectivity index (χ1n) is 10.2. The molecule has 7 nitrogen and oxygen atoms in total. The van der Waals surface area contributed by atoms with E-state index in [4.69, 9.17) is 4.74 Å². The van der Waals surface area contributed by atoms with E-state index >= 15 is 0 Å². The van der Waals surface area contributed by atoms with E-state index in [-0.39, 0.29) is 16.8 Å². The second kappa shape index (κ2) is 8.00. The average molecular weight is 408 g/mol. The molecule has 8 heteroatoms. The van der Waals surface area contributed by atoms with Crippen LogP contribution in [-0.2, 0) is 14.8 Å². The zero-order valence-corrected chi connectivity index (χ0v) is 17.2. The van der Waals surface area contributed by atoms with Gasteiger partial charge in [-0.25, -0.2) is 8.42 Å². The smallest absolute Gasteiger partial charge is 0.243 e. The van der Waals surface area contributed by atoms with Crippen molar-refractivity contribution >= 4 is 15.9 Å². The molecule has 4 rings (SSSR count). The second-order valence-electron chi connectivity index (χ2n) is 8.00. The van der Waals surface area contributed by atoms with Gasteiger partial charge in [0.1, 0.15) is 5.75 Å². The van der Waals surface area contributed by atoms with Crippen LogP contribution >= 0.6 is 0 Å². The third-order valence-corrected chi connectivity index (χ3v) is 7.95. The summed E-state index contributed by atoms with van der Waals surface area (Å²) in [7, 11) is -2.04. The van der Waals surface area contributed by atoms with Crippen LogP contribution in [0, 0.1) is 5.92 Å². The summed E-state index contributed by atoms with van der Waals surface area (Å²) in [6, 6.07) is 6.52. The molecule has 1 saturated carbocycles. The number of carbonyl (C=O) groups is 1. The van der Waals surface area contributed by atoms with Gasteiger partial charge in [-0.2, -0.15) is 4.31 Å². The quantitative estimate of drug-likeness (QED) is 0.713. The maximum Gasteiger partial charge on any atom is 0.243 e. The van der Waals surface area contributed by atoms with Crippen molar-refractivity contribution in [1.29, 1.82) is 0 Å². The highest BCUT2D eigenvalue weighted by atomic mass is 32.2. The van der Waals surface area contributed by atoms with E-state index in [2.05, 4.69) is 4.90 Å². The van der Waals surface area contributed by atoms with Crippen LogP contribution in [0.25, 0.3) is 0 Å². The van der Waals surface area contributed by atoms with Crippen molar-refractivity contribution in [2.24, 2.45) is 5.92 Å². The largest absolute Gasteiger partial charge is 0.497 e. The molecule has 3 fully saturated rings. The summed E-state index contributed by atoms with van der Waals surface area (Å²) in [5, 5.41) is 0. The molecule has 1 atom stereocenters. The van der Waals surface area contributed by atoms with Gasteiger partial charge in [0, 0.05) is 45.3 Å². The SMILES string of the molecule is COc1cccc(S(=O)(=O)N2CCCN([C@@H]3CCN(CC4CC4)C3=O)CC2)c1. The van der Waals surface area contributed by atoms with Crippen LogP contribution in [-0.4, -0.2) is 80.9 Å². The molecule has 2 saturated heterocycles. The number of rotatable bonds is 6. The van der Waals surface area contributed by atoms with Crippen molar-refractivity contribution < 1.29 is 17.9 Å². The van der Waals surface area contributed by atoms with Gasteiger partial charge in [-0.15, -0.1) is 0 Å². The fraction of sp³-hybridized carbons (Fsp3) is 0.650. The van der Waals surface area contributed by atoms with Crippen molar-refractivity contribution in [3.05, 3.63) is 24.3 Å². The van der Waals surface area contributed by atoms with E-state index in [1.165, 1.54) is 20.0 Å². The van der Waals surface area contributed by atoms with E-state index in [1.54, 1.807) is 28.6 Å². The fourth-order valence-corrected chi connectivity index (χ4v) is 5.74. The first kappa shape index (κ1) is 19.7. The number of nitrogens with zero attached hydrogens (tertiary/aromatic N) is 3. The van der Waals surface area contributed by atoms with Crippen LogP contribution < -0.4 is 4.74 Å². The lowest BCUT2D eigenvalue weighted by Crippen LogP contribution is -2.44. The monoisotopic (exact) mass is 407 g/mol. The van der Waals surface area contributed by atoms with Crippen molar-refractivity contribution in [3.8, 4) is 5.75 Å². The summed E-state index contributed by atoms with van der Waals surface area (Å²) in [5.74, 6) is 1.47. The third kappa shape index (κ3) is 4.04. The van der Waals surface area contributed by atoms with Crippen molar-refractivity contribution in [1.82, 2.24) is 14.1 Å². The lowest BCUT2D eigenvalue weighted by molar-refractivity contribution is -0.132. The minimum atomic E-state index is -3.57. The van der Waals surface area contributed by atoms with Crippen molar-refractivity contribution in [3.63, 3.8) is 0 Å². The van der Waals surface area contributed by atoms with E-state index in [1.807, 2.05) is 4.90 Å². The number of sulfonamides is 1. The second-order valence-corrected chi connectivity index (χ2v) is 9.94. The number of ether oxygens (including phenoxy) is 1. The molecule has 0 spiro atoms. The zero-order chi connectivity index (χ0) is 19.7. The Morgan fingerprint density at radius 1 is 1.07 bits per heavy atom. The molecule has 3 aliphatic rings. The molecule has 2 aliphatic heterocycles. The molecule has 0 unspecified atom stereocenters. The molecular weight excluding hydrogens is 378 g/mol. The molecule has 1 amide bonds. The first-order valence-corrected chi connectivity index (χ1v) is 11.6. The summed E-state index contributed by atoms with van der Waals surface area (Å²) in [6.45, 7) is 3.98. The number of methoxy groups -OCH3 is 1. The fourth-order valence-electron chi connectivity index (χ4n) is 4.23. The van der Waals surface area contributed by atoms with Gasteiger partial charge in [0.25, 0.3) is 0 Å². The zero-order valence-electron chi connectivity index (χ0n) is 16.4. The van der Waals surface area contributed by atoms with Crippen LogP contribution in [0.15, 0.2) is 29.2 Å². The molecule has 154 valence electrons. The minimum Gasteiger partial charge on any atom is -0.497 e. The van der Waals surface area contributed by atoms with Crippen molar-refractivity contribution in [2.45, 2.75) is 36.6 Å². The Kier molecular flexibility index (Phi) is 5.62. The Labute approximate surface area is 167 Å². The van der Waals surface area contributed by atoms with Gasteiger partial charge in [0.15, 0.2) is 0 Å². The van der Waals surface area contributed by atoms with Gasteiger partial charge in [0.2, 0.25) is 15.9 Å². The molecule has 0 N–H and O–H groups in total. The Bertz CT molecular complexity index is 824. The molecule has 28 heavy (non-hydrogen) atoms. The molecule has 2 heterocycles. The summed E-state index contributed by atoms with van der Waals surface area (Å²) < 4.78 is 32.8. The topological polar surface area (TPSA) is 70.2 Å². The van der Waals surface area contributed by atoms with Crippen LogP contribution in [0.4, 0.5) is 0 Å². The molecule has 0 bridgehead atoms. The van der Waals surface area contributed by atoms with Crippen LogP contribution in [0.5, 0.6) is 5.75 Å². The lowest BCUT2D eigenvalue weighted by Gasteiger charge is -2.26. The third-order valence-electron chi connectivity index (χ3n) is 6.05. The molecule has 0 radical (unpaired) electrons. The van der Waals surface area contributed by atoms with Crippen molar-refractivity contribution in [2.75, 3.05) is 46.4 Å². The first-order chi connectivity index (χ1) is 13.5. The standard InChI is InChI=1S/C20H29N3O4S/c1-27-17-4-2-5-18(14-17)28(25,26)23-10-3-9-21(12-13-23)19-8-11-22(20(19)24)15-16-6-7-16/h2,4-5,14,16,19H,3,6-13,15H2,1H3/t19-/m1/s1. The van der Waals surface area contributed by atoms with Crippen LogP contribution in [0.2, 0.25) is 0 Å². The van der Waals surface area contributed by atoms with Gasteiger partial charge in [-0.05, 0) is 43.7 Å². The summed E-state index contributed by atoms with van der Waals surface area (Å²) >= 11 is 0. The highest BCUT2D eigenvalue weighted by Gasteiger charge is 2.39. The van der Waals surface area contributed by atoms with Gasteiger partial charge in [0.05, 0.1) is 18.0 Å². The van der Waals surface area contributed by atoms with Crippen LogP contribution in [0.1, 0.15) is 25.7 Å². The minimum absolute atomic E-state index is 0.0850. The number of hydrogen-bond donors (Lipinski definition) is 0. The van der Waals surface area contributed by atoms with Gasteiger partial charge in [-0.3, -0.25) is 9.69 Å². The van der Waals surface area contributed by atoms with E-state index in [0.717, 1.165) is 32.5 Å². The summed E-state index contributed by atoms with van der Waals surface area (Å²) in [4.78, 5) is 17.2. The van der Waals surface area contributed by atoms with E-state index in [0.29, 0.717) is 31.3 Å². The van der Waals surface area contributed by atoms with Gasteiger partial charge < -0.3 is 9.64 Å². The Morgan fingerprint density at radius 2 is 1.89 bits per heavy atom. The van der Waals surface area contributed by atoms with Crippen LogP contribution in [0.3, 0.4) is 0 Å². The number of amides is 1. The Morgan fingerprint density at radius 3 is 2.64 bits per heavy atom. The summed E-state index contributed by atoms with van der Waals surface area (Å²) in [5.41, 5.74) is 0. The Balaban J connectivity index is 1.41. The molecular formula is C20H29N3O4S. The van der Waals surface area contributed by atoms with Gasteiger partial charge >= 0.3 is 0 Å². The molecule has 1 aromatic carbocycles. The number of likely N-dealkylation sites (tertiary alicyclic amines) is 1. The predicted molar refractivity (Wildman–Crippen MR) is 106 cm³/mol. The molecule has 1 aromatic rings. The maximum atomic E-state index is 13.1. The number of benzene rings is 1. The number of carbonyl (C=O) groups excluding carboxylic acids is 1. The van der Waals surface area contributed by atoms with E-state index in [9.17, 15) is 13.2 Å². The summed E-state index contributed by atoms with van der Waals surface area (Å²) in [6.07, 6.45) is 4.08. The highest BCUT2D eigenvalue weighted by molar-refractivity contribution is 7.89. The van der Waals surface area contributed by atoms with E-state index < -0.39 is 10.0 Å².